The Balaban J connectivity index is 1.89. The van der Waals surface area contributed by atoms with Gasteiger partial charge in [0.25, 0.3) is 0 Å². The Kier molecular flexibility index (Phi) is 3.05. The zero-order chi connectivity index (χ0) is 14.3. The van der Waals surface area contributed by atoms with E-state index in [9.17, 15) is 13.2 Å². The monoisotopic (exact) mass is 277 g/mol. The summed E-state index contributed by atoms with van der Waals surface area (Å²) in [4.78, 5) is 0. The molecule has 2 aromatic rings. The van der Waals surface area contributed by atoms with Gasteiger partial charge in [-0.2, -0.15) is 13.2 Å². The first-order valence-electron chi connectivity index (χ1n) is 6.48. The lowest BCUT2D eigenvalue weighted by atomic mass is 10.0. The van der Waals surface area contributed by atoms with Gasteiger partial charge in [-0.3, -0.25) is 0 Å². The van der Waals surface area contributed by atoms with Crippen LogP contribution < -0.4 is 5.73 Å². The van der Waals surface area contributed by atoms with Gasteiger partial charge in [-0.1, -0.05) is 36.4 Å². The predicted molar refractivity (Wildman–Crippen MR) is 72.2 cm³/mol. The van der Waals surface area contributed by atoms with Crippen molar-refractivity contribution >= 4 is 0 Å². The van der Waals surface area contributed by atoms with Crippen LogP contribution in [0.15, 0.2) is 48.5 Å². The average Bonchev–Trinajstić information content (AvgIpc) is 3.15. The summed E-state index contributed by atoms with van der Waals surface area (Å²) in [6.45, 7) is 0. The van der Waals surface area contributed by atoms with Crippen LogP contribution in [-0.4, -0.2) is 6.04 Å². The van der Waals surface area contributed by atoms with Gasteiger partial charge in [0.15, 0.2) is 0 Å². The Hall–Kier alpha value is -1.81. The van der Waals surface area contributed by atoms with Gasteiger partial charge in [-0.15, -0.1) is 0 Å². The molecule has 1 aliphatic rings. The van der Waals surface area contributed by atoms with Crippen molar-refractivity contribution in [2.45, 2.75) is 24.6 Å². The van der Waals surface area contributed by atoms with Gasteiger partial charge < -0.3 is 5.73 Å². The van der Waals surface area contributed by atoms with Gasteiger partial charge in [0.2, 0.25) is 0 Å². The van der Waals surface area contributed by atoms with Crippen LogP contribution in [0.1, 0.15) is 23.5 Å². The van der Waals surface area contributed by atoms with Gasteiger partial charge in [-0.05, 0) is 35.2 Å². The zero-order valence-corrected chi connectivity index (χ0v) is 10.7. The number of alkyl halides is 3. The van der Waals surface area contributed by atoms with Crippen molar-refractivity contribution in [1.82, 2.24) is 0 Å². The summed E-state index contributed by atoms with van der Waals surface area (Å²) in [5.41, 5.74) is 7.69. The molecule has 1 fully saturated rings. The fraction of sp³-hybridized carbons (Fsp3) is 0.250. The fourth-order valence-electron chi connectivity index (χ4n) is 2.40. The van der Waals surface area contributed by atoms with Crippen LogP contribution in [0, 0.1) is 0 Å². The molecule has 4 heteroatoms. The molecule has 1 nitrogen and oxygen atoms in total. The van der Waals surface area contributed by atoms with Crippen LogP contribution in [0.4, 0.5) is 13.2 Å². The molecule has 0 amide bonds. The van der Waals surface area contributed by atoms with Crippen LogP contribution in [-0.2, 0) is 6.18 Å². The summed E-state index contributed by atoms with van der Waals surface area (Å²) in [6.07, 6.45) is -3.32. The first kappa shape index (κ1) is 13.2. The van der Waals surface area contributed by atoms with E-state index in [1.807, 2.05) is 24.3 Å². The lowest BCUT2D eigenvalue weighted by molar-refractivity contribution is -0.137. The number of halogens is 3. The second-order valence-corrected chi connectivity index (χ2v) is 5.21. The van der Waals surface area contributed by atoms with E-state index in [1.54, 1.807) is 6.07 Å². The molecule has 0 aliphatic heterocycles. The molecule has 2 N–H and O–H groups in total. The maximum Gasteiger partial charge on any atom is 0.416 e. The van der Waals surface area contributed by atoms with E-state index >= 15 is 0 Å². The van der Waals surface area contributed by atoms with Crippen molar-refractivity contribution in [2.24, 2.45) is 5.73 Å². The molecule has 0 aromatic heterocycles. The lowest BCUT2D eigenvalue weighted by Gasteiger charge is -2.09. The molecule has 20 heavy (non-hydrogen) atoms. The second-order valence-electron chi connectivity index (χ2n) is 5.21. The molecular formula is C16H14F3N. The van der Waals surface area contributed by atoms with Crippen LogP contribution in [0.5, 0.6) is 0 Å². The molecule has 104 valence electrons. The molecular weight excluding hydrogens is 263 g/mol. The van der Waals surface area contributed by atoms with Crippen molar-refractivity contribution in [3.05, 3.63) is 59.7 Å². The highest BCUT2D eigenvalue weighted by Gasteiger charge is 2.34. The highest BCUT2D eigenvalue weighted by molar-refractivity contribution is 5.65. The Morgan fingerprint density at radius 3 is 2.15 bits per heavy atom. The van der Waals surface area contributed by atoms with E-state index in [4.69, 9.17) is 5.73 Å². The Morgan fingerprint density at radius 2 is 1.60 bits per heavy atom. The number of benzene rings is 2. The molecule has 0 bridgehead atoms. The number of hydrogen-bond donors (Lipinski definition) is 1. The lowest BCUT2D eigenvalue weighted by Crippen LogP contribution is -2.04. The summed E-state index contributed by atoms with van der Waals surface area (Å²) < 4.78 is 38.1. The minimum absolute atomic E-state index is 0.231. The van der Waals surface area contributed by atoms with E-state index in [0.29, 0.717) is 11.5 Å². The number of hydrogen-bond acceptors (Lipinski definition) is 1. The molecule has 0 saturated heterocycles. The first-order chi connectivity index (χ1) is 9.45. The van der Waals surface area contributed by atoms with Gasteiger partial charge in [-0.25, -0.2) is 0 Å². The second kappa shape index (κ2) is 4.63. The first-order valence-corrected chi connectivity index (χ1v) is 6.48. The molecule has 3 rings (SSSR count). The third-order valence-corrected chi connectivity index (χ3v) is 3.70. The van der Waals surface area contributed by atoms with E-state index in [2.05, 4.69) is 0 Å². The molecule has 2 aromatic carbocycles. The highest BCUT2D eigenvalue weighted by atomic mass is 19.4. The van der Waals surface area contributed by atoms with Crippen molar-refractivity contribution in [1.29, 1.82) is 0 Å². The summed E-state index contributed by atoms with van der Waals surface area (Å²) in [5.74, 6) is 0.408. The van der Waals surface area contributed by atoms with Crippen molar-refractivity contribution in [3.63, 3.8) is 0 Å². The van der Waals surface area contributed by atoms with Crippen LogP contribution >= 0.6 is 0 Å². The SMILES string of the molecule is N[C@H]1C[C@@H]1c1ccc(-c2cccc(C(F)(F)F)c2)cc1. The zero-order valence-electron chi connectivity index (χ0n) is 10.7. The van der Waals surface area contributed by atoms with Crippen LogP contribution in [0.3, 0.4) is 0 Å². The minimum atomic E-state index is -4.31. The Morgan fingerprint density at radius 1 is 0.950 bits per heavy atom. The molecule has 0 heterocycles. The van der Waals surface area contributed by atoms with Crippen molar-refractivity contribution < 1.29 is 13.2 Å². The molecule has 0 spiro atoms. The third kappa shape index (κ3) is 2.56. The number of rotatable bonds is 2. The topological polar surface area (TPSA) is 26.0 Å². The van der Waals surface area contributed by atoms with Crippen LogP contribution in [0.25, 0.3) is 11.1 Å². The van der Waals surface area contributed by atoms with Gasteiger partial charge in [0.1, 0.15) is 0 Å². The van der Waals surface area contributed by atoms with Crippen LogP contribution in [0.2, 0.25) is 0 Å². The van der Waals surface area contributed by atoms with E-state index < -0.39 is 11.7 Å². The number of nitrogens with two attached hydrogens (primary N) is 1. The minimum Gasteiger partial charge on any atom is -0.327 e. The van der Waals surface area contributed by atoms with E-state index in [1.165, 1.54) is 12.1 Å². The quantitative estimate of drug-likeness (QED) is 0.875. The largest absolute Gasteiger partial charge is 0.416 e. The highest BCUT2D eigenvalue weighted by Crippen LogP contribution is 2.39. The fourth-order valence-corrected chi connectivity index (χ4v) is 2.40. The normalized spacial score (nSPS) is 21.8. The van der Waals surface area contributed by atoms with Gasteiger partial charge in [0.05, 0.1) is 5.56 Å². The summed E-state index contributed by atoms with van der Waals surface area (Å²) in [7, 11) is 0. The standard InChI is InChI=1S/C16H14F3N/c17-16(18,19)13-3-1-2-12(8-13)10-4-6-11(7-5-10)14-9-15(14)20/h1-8,14-15H,9,20H2/t14-,15+/m1/s1. The average molecular weight is 277 g/mol. The maximum absolute atomic E-state index is 12.7. The summed E-state index contributed by atoms with van der Waals surface area (Å²) >= 11 is 0. The molecule has 1 saturated carbocycles. The van der Waals surface area contributed by atoms with Gasteiger partial charge in [0, 0.05) is 12.0 Å². The Bertz CT molecular complexity index is 616. The van der Waals surface area contributed by atoms with E-state index in [0.717, 1.165) is 23.6 Å². The molecule has 0 radical (unpaired) electrons. The Labute approximate surface area is 115 Å². The van der Waals surface area contributed by atoms with Crippen molar-refractivity contribution in [3.8, 4) is 11.1 Å². The van der Waals surface area contributed by atoms with Gasteiger partial charge >= 0.3 is 6.18 Å². The predicted octanol–water partition coefficient (Wildman–Crippen LogP) is 4.19. The maximum atomic E-state index is 12.7. The van der Waals surface area contributed by atoms with E-state index in [-0.39, 0.29) is 6.04 Å². The smallest absolute Gasteiger partial charge is 0.327 e. The van der Waals surface area contributed by atoms with Crippen molar-refractivity contribution in [2.75, 3.05) is 0 Å². The molecule has 2 atom stereocenters. The molecule has 0 unspecified atom stereocenters. The molecule has 1 aliphatic carbocycles. The summed E-state index contributed by atoms with van der Waals surface area (Å²) in [6, 6.07) is 13.2. The third-order valence-electron chi connectivity index (χ3n) is 3.70. The summed E-state index contributed by atoms with van der Waals surface area (Å²) in [5, 5.41) is 0.